The Hall–Kier alpha value is -1.64. The molecule has 0 amide bonds. The fourth-order valence-electron chi connectivity index (χ4n) is 2.00. The average molecular weight is 185 g/mol. The minimum atomic E-state index is 1.10. The highest BCUT2D eigenvalue weighted by Crippen LogP contribution is 2.24. The number of aryl methyl sites for hydroxylation is 1. The maximum Gasteiger partial charge on any atom is 0.109 e. The smallest absolute Gasteiger partial charge is 0.109 e. The number of nitrogens with zero attached hydrogens (tertiary/aromatic N) is 3. The molecule has 1 aliphatic rings. The first-order valence-electron chi connectivity index (χ1n) is 4.90. The second-order valence-corrected chi connectivity index (χ2v) is 3.56. The quantitative estimate of drug-likeness (QED) is 0.679. The molecule has 0 fully saturated rings. The standard InChI is InChI=1S/C11H11N3/c1-3-9(7-12-5-1)10-8-13-11-4-2-6-14(10)11/h1,3,5,7-8H,2,4,6H2. The Labute approximate surface area is 82.4 Å². The van der Waals surface area contributed by atoms with Crippen LogP contribution in [0.1, 0.15) is 12.2 Å². The highest BCUT2D eigenvalue weighted by Gasteiger charge is 2.15. The van der Waals surface area contributed by atoms with E-state index in [9.17, 15) is 0 Å². The van der Waals surface area contributed by atoms with Crippen molar-refractivity contribution < 1.29 is 0 Å². The SMILES string of the molecule is c1cncc(-c2cnc3n2CCC3)c1. The van der Waals surface area contributed by atoms with Gasteiger partial charge in [-0.2, -0.15) is 0 Å². The molecule has 2 aromatic rings. The van der Waals surface area contributed by atoms with Gasteiger partial charge in [-0.15, -0.1) is 0 Å². The lowest BCUT2D eigenvalue weighted by molar-refractivity contribution is 0.755. The molecule has 0 bridgehead atoms. The molecule has 2 aromatic heterocycles. The summed E-state index contributed by atoms with van der Waals surface area (Å²) in [5.74, 6) is 1.21. The normalized spacial score (nSPS) is 14.3. The lowest BCUT2D eigenvalue weighted by Crippen LogP contribution is -1.95. The van der Waals surface area contributed by atoms with Crippen LogP contribution in [0.15, 0.2) is 30.7 Å². The van der Waals surface area contributed by atoms with Crippen LogP contribution in [-0.2, 0) is 13.0 Å². The Morgan fingerprint density at radius 2 is 2.29 bits per heavy atom. The van der Waals surface area contributed by atoms with E-state index in [4.69, 9.17) is 0 Å². The number of rotatable bonds is 1. The molecule has 3 nitrogen and oxygen atoms in total. The molecule has 0 aromatic carbocycles. The van der Waals surface area contributed by atoms with E-state index in [1.807, 2.05) is 18.5 Å². The van der Waals surface area contributed by atoms with E-state index in [2.05, 4.69) is 20.6 Å². The lowest BCUT2D eigenvalue weighted by Gasteiger charge is -2.03. The van der Waals surface area contributed by atoms with E-state index in [0.29, 0.717) is 0 Å². The van der Waals surface area contributed by atoms with Gasteiger partial charge in [0.15, 0.2) is 0 Å². The number of aromatic nitrogens is 3. The van der Waals surface area contributed by atoms with E-state index >= 15 is 0 Å². The van der Waals surface area contributed by atoms with Crippen LogP contribution in [-0.4, -0.2) is 14.5 Å². The van der Waals surface area contributed by atoms with Crippen molar-refractivity contribution in [2.24, 2.45) is 0 Å². The van der Waals surface area contributed by atoms with Crippen molar-refractivity contribution in [3.63, 3.8) is 0 Å². The summed E-state index contributed by atoms with van der Waals surface area (Å²) in [4.78, 5) is 8.53. The molecular weight excluding hydrogens is 174 g/mol. The molecule has 0 atom stereocenters. The molecule has 0 N–H and O–H groups in total. The molecule has 70 valence electrons. The first kappa shape index (κ1) is 7.74. The highest BCUT2D eigenvalue weighted by molar-refractivity contribution is 5.58. The maximum absolute atomic E-state index is 4.41. The topological polar surface area (TPSA) is 30.7 Å². The van der Waals surface area contributed by atoms with Gasteiger partial charge in [0.05, 0.1) is 11.9 Å². The van der Waals surface area contributed by atoms with Crippen LogP contribution in [0.25, 0.3) is 11.3 Å². The molecule has 0 unspecified atom stereocenters. The van der Waals surface area contributed by atoms with Gasteiger partial charge in [-0.1, -0.05) is 0 Å². The van der Waals surface area contributed by atoms with Gasteiger partial charge < -0.3 is 4.57 Å². The first-order chi connectivity index (χ1) is 6.95. The van der Waals surface area contributed by atoms with E-state index in [1.54, 1.807) is 6.20 Å². The minimum Gasteiger partial charge on any atom is -0.328 e. The summed E-state index contributed by atoms with van der Waals surface area (Å²) in [5.41, 5.74) is 2.36. The van der Waals surface area contributed by atoms with E-state index in [1.165, 1.54) is 17.9 Å². The van der Waals surface area contributed by atoms with Gasteiger partial charge in [-0.25, -0.2) is 4.98 Å². The second kappa shape index (κ2) is 2.94. The molecule has 3 heterocycles. The molecule has 0 aliphatic carbocycles. The number of hydrogen-bond donors (Lipinski definition) is 0. The zero-order chi connectivity index (χ0) is 9.38. The van der Waals surface area contributed by atoms with Crippen molar-refractivity contribution >= 4 is 0 Å². The highest BCUT2D eigenvalue weighted by atomic mass is 15.1. The third kappa shape index (κ3) is 1.05. The number of fused-ring (bicyclic) bond motifs is 1. The molecule has 1 aliphatic heterocycles. The van der Waals surface area contributed by atoms with Gasteiger partial charge >= 0.3 is 0 Å². The fraction of sp³-hybridized carbons (Fsp3) is 0.273. The van der Waals surface area contributed by atoms with Gasteiger partial charge in [0.25, 0.3) is 0 Å². The van der Waals surface area contributed by atoms with Crippen LogP contribution >= 0.6 is 0 Å². The lowest BCUT2D eigenvalue weighted by atomic mass is 10.2. The summed E-state index contributed by atoms with van der Waals surface area (Å²) in [6.07, 6.45) is 7.97. The zero-order valence-electron chi connectivity index (χ0n) is 7.85. The Balaban J connectivity index is 2.13. The van der Waals surface area contributed by atoms with Crippen LogP contribution in [0.2, 0.25) is 0 Å². The van der Waals surface area contributed by atoms with E-state index in [0.717, 1.165) is 18.5 Å². The summed E-state index contributed by atoms with van der Waals surface area (Å²) < 4.78 is 2.29. The largest absolute Gasteiger partial charge is 0.328 e. The molecule has 3 heteroatoms. The van der Waals surface area contributed by atoms with Crippen molar-refractivity contribution in [3.8, 4) is 11.3 Å². The number of hydrogen-bond acceptors (Lipinski definition) is 2. The van der Waals surface area contributed by atoms with Crippen LogP contribution in [0, 0.1) is 0 Å². The molecule has 0 saturated carbocycles. The molecule has 3 rings (SSSR count). The Morgan fingerprint density at radius 3 is 3.14 bits per heavy atom. The van der Waals surface area contributed by atoms with Gasteiger partial charge in [0, 0.05) is 30.9 Å². The summed E-state index contributed by atoms with van der Waals surface area (Å²) in [6.45, 7) is 1.10. The van der Waals surface area contributed by atoms with Crippen LogP contribution in [0.4, 0.5) is 0 Å². The number of imidazole rings is 1. The van der Waals surface area contributed by atoms with Gasteiger partial charge in [0.2, 0.25) is 0 Å². The molecule has 0 saturated heterocycles. The summed E-state index contributed by atoms with van der Waals surface area (Å²) in [7, 11) is 0. The molecule has 0 radical (unpaired) electrons. The van der Waals surface area contributed by atoms with Gasteiger partial charge in [0.1, 0.15) is 5.82 Å². The Bertz CT molecular complexity index is 445. The number of pyridine rings is 1. The monoisotopic (exact) mass is 185 g/mol. The van der Waals surface area contributed by atoms with Gasteiger partial charge in [-0.3, -0.25) is 4.98 Å². The molecule has 0 spiro atoms. The maximum atomic E-state index is 4.41. The predicted molar refractivity (Wildman–Crippen MR) is 53.8 cm³/mol. The third-order valence-corrected chi connectivity index (χ3v) is 2.68. The fourth-order valence-corrected chi connectivity index (χ4v) is 2.00. The zero-order valence-corrected chi connectivity index (χ0v) is 7.85. The average Bonchev–Trinajstić information content (AvgIpc) is 2.79. The van der Waals surface area contributed by atoms with Crippen molar-refractivity contribution in [2.45, 2.75) is 19.4 Å². The summed E-state index contributed by atoms with van der Waals surface area (Å²) in [5, 5.41) is 0. The van der Waals surface area contributed by atoms with Crippen LogP contribution < -0.4 is 0 Å². The van der Waals surface area contributed by atoms with Crippen molar-refractivity contribution in [1.29, 1.82) is 0 Å². The van der Waals surface area contributed by atoms with Crippen LogP contribution in [0.5, 0.6) is 0 Å². The van der Waals surface area contributed by atoms with Crippen molar-refractivity contribution in [2.75, 3.05) is 0 Å². The third-order valence-electron chi connectivity index (χ3n) is 2.68. The van der Waals surface area contributed by atoms with E-state index < -0.39 is 0 Å². The van der Waals surface area contributed by atoms with E-state index in [-0.39, 0.29) is 0 Å². The van der Waals surface area contributed by atoms with Crippen molar-refractivity contribution in [1.82, 2.24) is 14.5 Å². The summed E-state index contributed by atoms with van der Waals surface area (Å²) >= 11 is 0. The summed E-state index contributed by atoms with van der Waals surface area (Å²) in [6, 6.07) is 4.04. The predicted octanol–water partition coefficient (Wildman–Crippen LogP) is 1.89. The first-order valence-corrected chi connectivity index (χ1v) is 4.90. The Kier molecular flexibility index (Phi) is 1.63. The second-order valence-electron chi connectivity index (χ2n) is 3.56. The van der Waals surface area contributed by atoms with Crippen molar-refractivity contribution in [3.05, 3.63) is 36.5 Å². The minimum absolute atomic E-state index is 1.10. The molecular formula is C11H11N3. The Morgan fingerprint density at radius 1 is 1.29 bits per heavy atom. The van der Waals surface area contributed by atoms with Gasteiger partial charge in [-0.05, 0) is 18.6 Å². The molecule has 14 heavy (non-hydrogen) atoms. The van der Waals surface area contributed by atoms with Crippen LogP contribution in [0.3, 0.4) is 0 Å².